The average molecular weight is 183 g/mol. The molecule has 2 rings (SSSR count). The Balaban J connectivity index is 2.53. The molecule has 0 aliphatic rings. The predicted molar refractivity (Wildman–Crippen MR) is 48.3 cm³/mol. The molecule has 2 heterocycles. The fraction of sp³-hybridized carbons (Fsp3) is 0. The van der Waals surface area contributed by atoms with Crippen LogP contribution in [0.1, 0.15) is 0 Å². The van der Waals surface area contributed by atoms with Crippen LogP contribution in [0.15, 0.2) is 27.7 Å². The number of aromatic amines is 1. The van der Waals surface area contributed by atoms with Crippen LogP contribution in [0.5, 0.6) is 0 Å². The average Bonchev–Trinajstić information content (AvgIpc) is 2.55. The van der Waals surface area contributed by atoms with Gasteiger partial charge in [-0.1, -0.05) is 17.4 Å². The molecule has 2 aromatic rings. The molecule has 0 radical (unpaired) electrons. The summed E-state index contributed by atoms with van der Waals surface area (Å²) < 4.78 is 0. The molecule has 0 atom stereocenters. The summed E-state index contributed by atoms with van der Waals surface area (Å²) in [5, 5.41) is 3.83. The highest BCUT2D eigenvalue weighted by atomic mass is 32.1. The van der Waals surface area contributed by atoms with E-state index in [2.05, 4.69) is 4.98 Å². The number of aromatic nitrogens is 1. The summed E-state index contributed by atoms with van der Waals surface area (Å²) in [7, 11) is 0. The van der Waals surface area contributed by atoms with Gasteiger partial charge in [0.2, 0.25) is 0 Å². The van der Waals surface area contributed by atoms with E-state index in [9.17, 15) is 4.79 Å². The molecule has 0 aliphatic heterocycles. The first kappa shape index (κ1) is 6.82. The normalized spacial score (nSPS) is 10.2. The van der Waals surface area contributed by atoms with E-state index in [4.69, 9.17) is 0 Å². The van der Waals surface area contributed by atoms with Crippen molar-refractivity contribution in [2.75, 3.05) is 0 Å². The fourth-order valence-electron chi connectivity index (χ4n) is 0.833. The molecule has 4 heteroatoms. The molecule has 11 heavy (non-hydrogen) atoms. The van der Waals surface area contributed by atoms with Crippen molar-refractivity contribution in [3.63, 3.8) is 0 Å². The molecule has 56 valence electrons. The minimum absolute atomic E-state index is 0.00778. The Hall–Kier alpha value is -0.870. The number of thiazole rings is 1. The summed E-state index contributed by atoms with van der Waals surface area (Å²) in [5.41, 5.74) is 0.926. The van der Waals surface area contributed by atoms with Crippen LogP contribution < -0.4 is 4.87 Å². The number of thiophene rings is 1. The van der Waals surface area contributed by atoms with Crippen LogP contribution in [-0.4, -0.2) is 4.98 Å². The number of hydrogen-bond acceptors (Lipinski definition) is 3. The van der Waals surface area contributed by atoms with Gasteiger partial charge in [-0.15, -0.1) is 11.3 Å². The standard InChI is InChI=1S/C7H5NOS2/c9-7-8-5(4-11-7)6-2-1-3-10-6/h1-4H,(H,8,9). The topological polar surface area (TPSA) is 32.9 Å². The first-order valence-corrected chi connectivity index (χ1v) is 4.84. The van der Waals surface area contributed by atoms with Gasteiger partial charge in [0.1, 0.15) is 0 Å². The number of nitrogens with one attached hydrogen (secondary N) is 1. The zero-order valence-electron chi connectivity index (χ0n) is 5.53. The molecule has 0 saturated carbocycles. The Kier molecular flexibility index (Phi) is 1.63. The molecule has 0 aromatic carbocycles. The van der Waals surface area contributed by atoms with Crippen molar-refractivity contribution in [2.45, 2.75) is 0 Å². The third-order valence-electron chi connectivity index (χ3n) is 1.31. The number of hydrogen-bond donors (Lipinski definition) is 1. The number of rotatable bonds is 1. The quantitative estimate of drug-likeness (QED) is 0.722. The summed E-state index contributed by atoms with van der Waals surface area (Å²) in [4.78, 5) is 14.6. The van der Waals surface area contributed by atoms with E-state index in [1.54, 1.807) is 11.3 Å². The first-order valence-electron chi connectivity index (χ1n) is 3.08. The van der Waals surface area contributed by atoms with E-state index in [-0.39, 0.29) is 4.87 Å². The Labute approximate surface area is 71.2 Å². The van der Waals surface area contributed by atoms with E-state index in [1.165, 1.54) is 11.3 Å². The van der Waals surface area contributed by atoms with Gasteiger partial charge in [-0.05, 0) is 11.4 Å². The Morgan fingerprint density at radius 2 is 2.27 bits per heavy atom. The van der Waals surface area contributed by atoms with Crippen molar-refractivity contribution in [3.05, 3.63) is 32.6 Å². The van der Waals surface area contributed by atoms with Crippen LogP contribution in [0.3, 0.4) is 0 Å². The summed E-state index contributed by atoms with van der Waals surface area (Å²) in [5.74, 6) is 0. The van der Waals surface area contributed by atoms with Gasteiger partial charge < -0.3 is 4.98 Å². The zero-order valence-corrected chi connectivity index (χ0v) is 7.17. The van der Waals surface area contributed by atoms with Gasteiger partial charge in [-0.3, -0.25) is 4.79 Å². The lowest BCUT2D eigenvalue weighted by Crippen LogP contribution is -1.91. The third kappa shape index (κ3) is 1.27. The van der Waals surface area contributed by atoms with E-state index < -0.39 is 0 Å². The van der Waals surface area contributed by atoms with Crippen LogP contribution >= 0.6 is 22.7 Å². The molecule has 0 aliphatic carbocycles. The van der Waals surface area contributed by atoms with E-state index >= 15 is 0 Å². The zero-order chi connectivity index (χ0) is 7.68. The highest BCUT2D eigenvalue weighted by Crippen LogP contribution is 2.21. The molecular formula is C7H5NOS2. The van der Waals surface area contributed by atoms with Crippen molar-refractivity contribution in [1.82, 2.24) is 4.98 Å². The second kappa shape index (κ2) is 2.64. The van der Waals surface area contributed by atoms with Crippen molar-refractivity contribution < 1.29 is 0 Å². The summed E-state index contributed by atoms with van der Waals surface area (Å²) in [6.45, 7) is 0. The lowest BCUT2D eigenvalue weighted by Gasteiger charge is -1.85. The first-order chi connectivity index (χ1) is 5.36. The van der Waals surface area contributed by atoms with Gasteiger partial charge in [-0.25, -0.2) is 0 Å². The van der Waals surface area contributed by atoms with Crippen LogP contribution in [0, 0.1) is 0 Å². The monoisotopic (exact) mass is 183 g/mol. The van der Waals surface area contributed by atoms with Gasteiger partial charge in [0.15, 0.2) is 0 Å². The third-order valence-corrected chi connectivity index (χ3v) is 2.88. The van der Waals surface area contributed by atoms with E-state index in [0.29, 0.717) is 0 Å². The minimum atomic E-state index is 0.00778. The maximum absolute atomic E-state index is 10.8. The van der Waals surface area contributed by atoms with Gasteiger partial charge in [0.25, 0.3) is 0 Å². The molecule has 0 bridgehead atoms. The van der Waals surface area contributed by atoms with Crippen LogP contribution in [0.4, 0.5) is 0 Å². The maximum atomic E-state index is 10.8. The molecule has 2 nitrogen and oxygen atoms in total. The van der Waals surface area contributed by atoms with E-state index in [0.717, 1.165) is 10.6 Å². The van der Waals surface area contributed by atoms with Crippen molar-refractivity contribution in [3.8, 4) is 10.6 Å². The predicted octanol–water partition coefficient (Wildman–Crippen LogP) is 2.16. The van der Waals surface area contributed by atoms with Crippen LogP contribution in [-0.2, 0) is 0 Å². The Morgan fingerprint density at radius 3 is 2.82 bits per heavy atom. The van der Waals surface area contributed by atoms with Crippen LogP contribution in [0.25, 0.3) is 10.6 Å². The molecule has 0 amide bonds. The van der Waals surface area contributed by atoms with Crippen molar-refractivity contribution in [1.29, 1.82) is 0 Å². The molecule has 2 aromatic heterocycles. The summed E-state index contributed by atoms with van der Waals surface area (Å²) in [6, 6.07) is 3.96. The highest BCUT2D eigenvalue weighted by Gasteiger charge is 1.99. The molecule has 0 saturated heterocycles. The van der Waals surface area contributed by atoms with Crippen molar-refractivity contribution in [2.24, 2.45) is 0 Å². The van der Waals surface area contributed by atoms with Gasteiger partial charge in [0, 0.05) is 5.38 Å². The van der Waals surface area contributed by atoms with Gasteiger partial charge in [-0.2, -0.15) is 0 Å². The smallest absolute Gasteiger partial charge is 0.304 e. The van der Waals surface area contributed by atoms with Crippen LogP contribution in [0.2, 0.25) is 0 Å². The Bertz CT molecular complexity index is 384. The fourth-order valence-corrected chi connectivity index (χ4v) is 2.18. The molecule has 0 fully saturated rings. The van der Waals surface area contributed by atoms with Crippen molar-refractivity contribution >= 4 is 22.7 Å². The second-order valence-electron chi connectivity index (χ2n) is 2.04. The summed E-state index contributed by atoms with van der Waals surface area (Å²) in [6.07, 6.45) is 0. The van der Waals surface area contributed by atoms with E-state index in [1.807, 2.05) is 22.9 Å². The SMILES string of the molecule is O=c1[nH]c(-c2cccs2)cs1. The van der Waals surface area contributed by atoms with Gasteiger partial charge >= 0.3 is 4.87 Å². The molecule has 0 unspecified atom stereocenters. The minimum Gasteiger partial charge on any atom is -0.312 e. The second-order valence-corrected chi connectivity index (χ2v) is 3.83. The molecular weight excluding hydrogens is 178 g/mol. The Morgan fingerprint density at radius 1 is 1.36 bits per heavy atom. The molecule has 1 N–H and O–H groups in total. The summed E-state index contributed by atoms with van der Waals surface area (Å²) >= 11 is 2.82. The number of H-pyrrole nitrogens is 1. The largest absolute Gasteiger partial charge is 0.312 e. The highest BCUT2D eigenvalue weighted by molar-refractivity contribution is 7.14. The maximum Gasteiger partial charge on any atom is 0.304 e. The van der Waals surface area contributed by atoms with Gasteiger partial charge in [0.05, 0.1) is 10.6 Å². The lowest BCUT2D eigenvalue weighted by molar-refractivity contribution is 1.35. The lowest BCUT2D eigenvalue weighted by atomic mass is 10.4. The molecule has 0 spiro atoms.